The highest BCUT2D eigenvalue weighted by Gasteiger charge is 2.50. The number of amides is 4. The number of hydrogen-bond donors (Lipinski definition) is 2. The molecule has 0 radical (unpaired) electrons. The molecular weight excluding hydrogens is 570 g/mol. The van der Waals surface area contributed by atoms with Gasteiger partial charge in [0, 0.05) is 34.8 Å². The van der Waals surface area contributed by atoms with Gasteiger partial charge in [0.05, 0.1) is 18.0 Å². The van der Waals surface area contributed by atoms with E-state index in [1.807, 2.05) is 76.8 Å². The van der Waals surface area contributed by atoms with Crippen molar-refractivity contribution in [3.63, 3.8) is 0 Å². The zero-order valence-corrected chi connectivity index (χ0v) is 27.2. The number of nitrogens with zero attached hydrogens (tertiary/aromatic N) is 3. The number of nitrogens with one attached hydrogen (secondary N) is 2. The van der Waals surface area contributed by atoms with E-state index in [4.69, 9.17) is 4.74 Å². The quantitative estimate of drug-likeness (QED) is 0.452. The highest BCUT2D eigenvalue weighted by atomic mass is 16.6. The van der Waals surface area contributed by atoms with Crippen LogP contribution in [-0.2, 0) is 25.5 Å². The Hall–Kier alpha value is -3.95. The van der Waals surface area contributed by atoms with Crippen LogP contribution in [0.25, 0.3) is 0 Å². The number of pyridine rings is 1. The summed E-state index contributed by atoms with van der Waals surface area (Å²) in [6.07, 6.45) is 6.14. The molecule has 5 atom stereocenters. The van der Waals surface area contributed by atoms with Crippen molar-refractivity contribution in [2.45, 2.75) is 116 Å². The van der Waals surface area contributed by atoms with Crippen molar-refractivity contribution in [3.8, 4) is 0 Å². The summed E-state index contributed by atoms with van der Waals surface area (Å²) in [5, 5.41) is 5.97. The Balaban J connectivity index is 1.21. The van der Waals surface area contributed by atoms with Crippen LogP contribution >= 0.6 is 0 Å². The second-order valence-electron chi connectivity index (χ2n) is 15.0. The molecule has 1 aromatic heterocycles. The van der Waals surface area contributed by atoms with Gasteiger partial charge in [-0.25, -0.2) is 9.78 Å². The number of carbonyl (C=O) groups excluding carboxylic acids is 4. The second kappa shape index (κ2) is 11.4. The normalized spacial score (nSPS) is 25.3. The summed E-state index contributed by atoms with van der Waals surface area (Å²) in [6, 6.07) is 9.32. The number of carbonyl (C=O) groups is 4. The molecule has 4 heterocycles. The van der Waals surface area contributed by atoms with Crippen LogP contribution in [-0.4, -0.2) is 68.9 Å². The van der Waals surface area contributed by atoms with Gasteiger partial charge in [0.25, 0.3) is 0 Å². The Morgan fingerprint density at radius 3 is 2.51 bits per heavy atom. The summed E-state index contributed by atoms with van der Waals surface area (Å²) in [6.45, 7) is 11.0. The number of aryl methyl sites for hydroxylation is 1. The zero-order valence-electron chi connectivity index (χ0n) is 27.2. The van der Waals surface area contributed by atoms with E-state index in [0.717, 1.165) is 49.7 Å². The smallest absolute Gasteiger partial charge is 0.410 e. The molecule has 2 fully saturated rings. The number of piperidine rings is 1. The lowest BCUT2D eigenvalue weighted by molar-refractivity contribution is -0.147. The summed E-state index contributed by atoms with van der Waals surface area (Å²) < 4.78 is 5.76. The average molecular weight is 616 g/mol. The molecule has 1 aromatic carbocycles. The van der Waals surface area contributed by atoms with E-state index < -0.39 is 11.0 Å². The summed E-state index contributed by atoms with van der Waals surface area (Å²) in [4.78, 5) is 61.7. The van der Waals surface area contributed by atoms with Crippen LogP contribution in [0.3, 0.4) is 0 Å². The standard InChI is InChI=1S/C35H45N5O5/c1-34(2,3)32(43)39(26-15-12-22-13-16-27(26)40(22)33(44)45-35(4,5)6)19-28(41)37-21-11-9-20-10-14-23(25(20)18-21)29-24-8-7-17-36-30(24)38-31(29)42/h7-9,11,17-18,22-23,26-27,29H,10,12-16,19H2,1-6H3,(H,37,41)(H,36,38,42). The number of hydrogen-bond acceptors (Lipinski definition) is 6. The van der Waals surface area contributed by atoms with Crippen LogP contribution in [0.15, 0.2) is 36.5 Å². The minimum atomic E-state index is -0.708. The lowest BCUT2D eigenvalue weighted by Gasteiger charge is -2.46. The maximum Gasteiger partial charge on any atom is 0.410 e. The van der Waals surface area contributed by atoms with Gasteiger partial charge in [-0.15, -0.1) is 0 Å². The largest absolute Gasteiger partial charge is 0.444 e. The molecule has 240 valence electrons. The lowest BCUT2D eigenvalue weighted by Crippen LogP contribution is -2.60. The molecule has 2 aromatic rings. The third-order valence-electron chi connectivity index (χ3n) is 9.66. The van der Waals surface area contributed by atoms with Gasteiger partial charge in [0.2, 0.25) is 17.7 Å². The maximum absolute atomic E-state index is 13.9. The topological polar surface area (TPSA) is 121 Å². The van der Waals surface area contributed by atoms with Crippen LogP contribution in [0.2, 0.25) is 0 Å². The predicted octanol–water partition coefficient (Wildman–Crippen LogP) is 5.59. The maximum atomic E-state index is 13.9. The van der Waals surface area contributed by atoms with Gasteiger partial charge in [-0.05, 0) is 88.6 Å². The molecule has 4 aliphatic rings. The van der Waals surface area contributed by atoms with E-state index in [9.17, 15) is 19.2 Å². The molecule has 5 unspecified atom stereocenters. The zero-order chi connectivity index (χ0) is 32.3. The number of aromatic nitrogens is 1. The van der Waals surface area contributed by atoms with Crippen LogP contribution in [0, 0.1) is 5.41 Å². The molecule has 45 heavy (non-hydrogen) atoms. The Bertz CT molecular complexity index is 1530. The molecule has 2 bridgehead atoms. The van der Waals surface area contributed by atoms with E-state index in [-0.39, 0.29) is 60.3 Å². The third kappa shape index (κ3) is 6.03. The Labute approximate surface area is 265 Å². The van der Waals surface area contributed by atoms with Gasteiger partial charge >= 0.3 is 6.09 Å². The van der Waals surface area contributed by atoms with Crippen molar-refractivity contribution < 1.29 is 23.9 Å². The van der Waals surface area contributed by atoms with Crippen molar-refractivity contribution in [1.29, 1.82) is 0 Å². The van der Waals surface area contributed by atoms with E-state index in [1.54, 1.807) is 11.1 Å². The fraction of sp³-hybridized carbons (Fsp3) is 0.571. The molecule has 2 saturated heterocycles. The van der Waals surface area contributed by atoms with Crippen molar-refractivity contribution >= 4 is 35.3 Å². The van der Waals surface area contributed by atoms with Crippen LogP contribution in [0.1, 0.15) is 102 Å². The highest BCUT2D eigenvalue weighted by Crippen LogP contribution is 2.48. The summed E-state index contributed by atoms with van der Waals surface area (Å²) in [7, 11) is 0. The molecule has 0 spiro atoms. The molecular formula is C35H45N5O5. The van der Waals surface area contributed by atoms with Crippen molar-refractivity contribution in [2.75, 3.05) is 17.2 Å². The first-order valence-electron chi connectivity index (χ1n) is 16.2. The Morgan fingerprint density at radius 1 is 1.02 bits per heavy atom. The summed E-state index contributed by atoms with van der Waals surface area (Å²) >= 11 is 0. The second-order valence-corrected chi connectivity index (χ2v) is 15.0. The summed E-state index contributed by atoms with van der Waals surface area (Å²) in [5.74, 6) is -0.178. The minimum Gasteiger partial charge on any atom is -0.444 e. The van der Waals surface area contributed by atoms with Crippen LogP contribution < -0.4 is 10.6 Å². The average Bonchev–Trinajstić information content (AvgIpc) is 3.61. The number of fused-ring (bicyclic) bond motifs is 4. The van der Waals surface area contributed by atoms with Gasteiger partial charge in [0.1, 0.15) is 18.0 Å². The van der Waals surface area contributed by atoms with E-state index in [2.05, 4.69) is 15.6 Å². The fourth-order valence-corrected chi connectivity index (χ4v) is 7.78. The molecule has 2 N–H and O–H groups in total. The van der Waals surface area contributed by atoms with Gasteiger partial charge in [-0.2, -0.15) is 0 Å². The number of benzene rings is 1. The summed E-state index contributed by atoms with van der Waals surface area (Å²) in [5.41, 5.74) is 2.45. The first-order valence-corrected chi connectivity index (χ1v) is 16.2. The van der Waals surface area contributed by atoms with Crippen LogP contribution in [0.5, 0.6) is 0 Å². The van der Waals surface area contributed by atoms with E-state index in [0.29, 0.717) is 11.5 Å². The third-order valence-corrected chi connectivity index (χ3v) is 9.66. The Kier molecular flexibility index (Phi) is 7.90. The van der Waals surface area contributed by atoms with Gasteiger partial charge in [0.15, 0.2) is 0 Å². The SMILES string of the molecule is CC(C)(C)OC(=O)N1C2CCC(N(CC(=O)Nc3ccc4c(c3)C(C3C(=O)Nc5ncccc53)CC4)C(=O)C(C)(C)C)C1CC2. The van der Waals surface area contributed by atoms with Crippen LogP contribution in [0.4, 0.5) is 16.3 Å². The fourth-order valence-electron chi connectivity index (χ4n) is 7.78. The number of ether oxygens (including phenoxy) is 1. The highest BCUT2D eigenvalue weighted by molar-refractivity contribution is 6.02. The number of rotatable bonds is 5. The lowest BCUT2D eigenvalue weighted by atomic mass is 9.83. The number of anilines is 2. The first-order chi connectivity index (χ1) is 21.2. The molecule has 6 rings (SSSR count). The molecule has 1 aliphatic carbocycles. The monoisotopic (exact) mass is 615 g/mol. The van der Waals surface area contributed by atoms with Crippen molar-refractivity contribution in [1.82, 2.24) is 14.8 Å². The molecule has 4 amide bonds. The van der Waals surface area contributed by atoms with E-state index >= 15 is 0 Å². The molecule has 0 saturated carbocycles. The van der Waals surface area contributed by atoms with Crippen molar-refractivity contribution in [3.05, 3.63) is 53.2 Å². The van der Waals surface area contributed by atoms with Gasteiger partial charge in [-0.3, -0.25) is 14.4 Å². The molecule has 10 nitrogen and oxygen atoms in total. The Morgan fingerprint density at radius 2 is 1.78 bits per heavy atom. The van der Waals surface area contributed by atoms with Gasteiger partial charge in [-0.1, -0.05) is 32.9 Å². The first kappa shape index (κ1) is 31.0. The van der Waals surface area contributed by atoms with Crippen molar-refractivity contribution in [2.24, 2.45) is 5.41 Å². The predicted molar refractivity (Wildman–Crippen MR) is 171 cm³/mol. The molecule has 10 heteroatoms. The minimum absolute atomic E-state index is 0.0161. The van der Waals surface area contributed by atoms with E-state index in [1.165, 1.54) is 5.56 Å². The molecule has 3 aliphatic heterocycles. The van der Waals surface area contributed by atoms with Gasteiger partial charge < -0.3 is 25.2 Å².